The minimum absolute atomic E-state index is 0.130. The van der Waals surface area contributed by atoms with Crippen molar-refractivity contribution in [3.05, 3.63) is 65.5 Å². The Balaban J connectivity index is 1.25. The standard InChI is InChI=1S/C35H43N7O/c1-4-18-40-21-22-42(23-27(40)13-17-36)33-28-14-20-41(30-11-6-10-26-9-5-8-25(2)32(26)30)24-29(28)37-34(38-33)43-35(15-16-35)31-12-7-19-39(31)3/h4-6,8-11,18,27,31H,7,12-16,19-24H2,1-3H3. The molecule has 8 heteroatoms. The van der Waals surface area contributed by atoms with Crippen molar-refractivity contribution in [1.29, 1.82) is 5.26 Å². The first-order valence-electron chi connectivity index (χ1n) is 16.0. The molecule has 1 aromatic heterocycles. The van der Waals surface area contributed by atoms with Crippen LogP contribution in [0.5, 0.6) is 6.01 Å². The van der Waals surface area contributed by atoms with Gasteiger partial charge in [0.1, 0.15) is 11.4 Å². The van der Waals surface area contributed by atoms with Crippen LogP contribution in [0.15, 0.2) is 48.7 Å². The maximum absolute atomic E-state index is 9.62. The molecular weight excluding hydrogens is 534 g/mol. The molecule has 4 heterocycles. The first-order chi connectivity index (χ1) is 21.0. The van der Waals surface area contributed by atoms with Gasteiger partial charge in [-0.15, -0.1) is 0 Å². The van der Waals surface area contributed by atoms with Gasteiger partial charge in [0.05, 0.1) is 30.8 Å². The lowest BCUT2D eigenvalue weighted by Gasteiger charge is -2.42. The number of aryl methyl sites for hydroxylation is 1. The molecule has 0 radical (unpaired) electrons. The highest BCUT2D eigenvalue weighted by molar-refractivity contribution is 5.97. The van der Waals surface area contributed by atoms with E-state index in [0.29, 0.717) is 18.5 Å². The van der Waals surface area contributed by atoms with Crippen LogP contribution in [0.1, 0.15) is 55.8 Å². The molecule has 2 aromatic carbocycles. The van der Waals surface area contributed by atoms with E-state index in [-0.39, 0.29) is 11.6 Å². The molecule has 3 aromatic rings. The Kier molecular flexibility index (Phi) is 7.38. The van der Waals surface area contributed by atoms with Crippen LogP contribution in [-0.2, 0) is 13.0 Å². The fourth-order valence-electron chi connectivity index (χ4n) is 7.79. The number of rotatable bonds is 7. The van der Waals surface area contributed by atoms with Gasteiger partial charge in [0.25, 0.3) is 0 Å². The summed E-state index contributed by atoms with van der Waals surface area (Å²) in [5.41, 5.74) is 4.69. The largest absolute Gasteiger partial charge is 0.455 e. The van der Waals surface area contributed by atoms with Crippen LogP contribution < -0.4 is 14.5 Å². The van der Waals surface area contributed by atoms with E-state index in [1.54, 1.807) is 0 Å². The number of fused-ring (bicyclic) bond motifs is 2. The SMILES string of the molecule is CC=CN1CCN(c2nc(OC3(C4CCCN4C)CC3)nc3c2CCN(c2cccc4cccc(C)c24)C3)CC1CC#N. The number of allylic oxidation sites excluding steroid dienone is 1. The number of nitrogens with zero attached hydrogens (tertiary/aromatic N) is 7. The van der Waals surface area contributed by atoms with Crippen LogP contribution in [0.3, 0.4) is 0 Å². The number of hydrogen-bond donors (Lipinski definition) is 0. The molecule has 224 valence electrons. The number of nitriles is 1. The van der Waals surface area contributed by atoms with Crippen LogP contribution in [0, 0.1) is 18.3 Å². The summed E-state index contributed by atoms with van der Waals surface area (Å²) in [4.78, 5) is 20.0. The summed E-state index contributed by atoms with van der Waals surface area (Å²) in [6.45, 7) is 9.50. The van der Waals surface area contributed by atoms with Gasteiger partial charge in [-0.1, -0.05) is 36.4 Å². The highest BCUT2D eigenvalue weighted by atomic mass is 16.5. The van der Waals surface area contributed by atoms with Crippen LogP contribution in [0.25, 0.3) is 10.8 Å². The van der Waals surface area contributed by atoms with E-state index in [1.165, 1.54) is 40.4 Å². The molecule has 0 amide bonds. The van der Waals surface area contributed by atoms with Crippen molar-refractivity contribution >= 4 is 22.3 Å². The number of hydrogen-bond acceptors (Lipinski definition) is 8. The molecule has 3 aliphatic heterocycles. The average molecular weight is 578 g/mol. The van der Waals surface area contributed by atoms with E-state index in [0.717, 1.165) is 70.0 Å². The Bertz CT molecular complexity index is 1570. The molecule has 0 spiro atoms. The zero-order chi connectivity index (χ0) is 29.6. The zero-order valence-corrected chi connectivity index (χ0v) is 25.8. The van der Waals surface area contributed by atoms with Crippen molar-refractivity contribution in [2.45, 2.75) is 76.6 Å². The van der Waals surface area contributed by atoms with Crippen molar-refractivity contribution in [1.82, 2.24) is 19.8 Å². The van der Waals surface area contributed by atoms with Crippen molar-refractivity contribution < 1.29 is 4.74 Å². The second-order valence-corrected chi connectivity index (χ2v) is 12.9. The van der Waals surface area contributed by atoms with Crippen LogP contribution in [0.4, 0.5) is 11.5 Å². The van der Waals surface area contributed by atoms with Crippen LogP contribution >= 0.6 is 0 Å². The van der Waals surface area contributed by atoms with Gasteiger partial charge in [0.15, 0.2) is 0 Å². The maximum atomic E-state index is 9.62. The van der Waals surface area contributed by atoms with E-state index in [1.807, 2.05) is 6.92 Å². The summed E-state index contributed by atoms with van der Waals surface area (Å²) in [6.07, 6.45) is 10.1. The monoisotopic (exact) mass is 577 g/mol. The topological polar surface area (TPSA) is 71.8 Å². The molecule has 1 saturated carbocycles. The first kappa shape index (κ1) is 28.0. The van der Waals surface area contributed by atoms with Crippen molar-refractivity contribution in [2.24, 2.45) is 0 Å². The molecule has 3 fully saturated rings. The predicted octanol–water partition coefficient (Wildman–Crippen LogP) is 5.44. The predicted molar refractivity (Wildman–Crippen MR) is 171 cm³/mol. The van der Waals surface area contributed by atoms with Gasteiger partial charge in [-0.2, -0.15) is 15.2 Å². The molecule has 2 saturated heterocycles. The minimum atomic E-state index is -0.175. The zero-order valence-electron chi connectivity index (χ0n) is 25.8. The molecule has 2 unspecified atom stereocenters. The van der Waals surface area contributed by atoms with E-state index >= 15 is 0 Å². The third-order valence-corrected chi connectivity index (χ3v) is 10.1. The smallest absolute Gasteiger partial charge is 0.319 e. The van der Waals surface area contributed by atoms with Crippen LogP contribution in [-0.4, -0.2) is 77.2 Å². The van der Waals surface area contributed by atoms with E-state index in [2.05, 4.69) is 88.3 Å². The van der Waals surface area contributed by atoms with Crippen molar-refractivity contribution in [3.8, 4) is 12.1 Å². The average Bonchev–Trinajstić information content (AvgIpc) is 3.65. The third-order valence-electron chi connectivity index (χ3n) is 10.1. The third kappa shape index (κ3) is 5.18. The lowest BCUT2D eigenvalue weighted by molar-refractivity contribution is 0.0758. The van der Waals surface area contributed by atoms with Gasteiger partial charge in [-0.3, -0.25) is 4.90 Å². The van der Waals surface area contributed by atoms with E-state index in [9.17, 15) is 5.26 Å². The molecular formula is C35H43N7O. The van der Waals surface area contributed by atoms with Gasteiger partial charge in [0, 0.05) is 48.9 Å². The number of benzene rings is 2. The summed E-state index contributed by atoms with van der Waals surface area (Å²) >= 11 is 0. The summed E-state index contributed by atoms with van der Waals surface area (Å²) < 4.78 is 6.85. The molecule has 1 aliphatic carbocycles. The van der Waals surface area contributed by atoms with Gasteiger partial charge in [-0.25, -0.2) is 0 Å². The summed E-state index contributed by atoms with van der Waals surface area (Å²) in [7, 11) is 2.23. The number of ether oxygens (including phenoxy) is 1. The van der Waals surface area contributed by atoms with E-state index < -0.39 is 0 Å². The first-order valence-corrected chi connectivity index (χ1v) is 16.0. The number of aromatic nitrogens is 2. The fraction of sp³-hybridized carbons (Fsp3) is 0.514. The molecule has 2 atom stereocenters. The number of anilines is 2. The maximum Gasteiger partial charge on any atom is 0.319 e. The lowest BCUT2D eigenvalue weighted by atomic mass is 9.99. The molecule has 43 heavy (non-hydrogen) atoms. The van der Waals surface area contributed by atoms with Crippen molar-refractivity contribution in [3.63, 3.8) is 0 Å². The second kappa shape index (κ2) is 11.3. The van der Waals surface area contributed by atoms with Gasteiger partial charge < -0.3 is 19.4 Å². The van der Waals surface area contributed by atoms with Gasteiger partial charge in [-0.05, 0) is 82.8 Å². The number of piperazine rings is 1. The molecule has 0 bridgehead atoms. The van der Waals surface area contributed by atoms with Crippen molar-refractivity contribution in [2.75, 3.05) is 49.6 Å². The summed E-state index contributed by atoms with van der Waals surface area (Å²) in [5.74, 6) is 1.01. The Hall–Kier alpha value is -3.83. The number of likely N-dealkylation sites (tertiary alicyclic amines) is 1. The molecule has 8 nitrogen and oxygen atoms in total. The second-order valence-electron chi connectivity index (χ2n) is 12.9. The highest BCUT2D eigenvalue weighted by Gasteiger charge is 2.55. The summed E-state index contributed by atoms with van der Waals surface area (Å²) in [6, 6.07) is 16.7. The Morgan fingerprint density at radius 3 is 2.65 bits per heavy atom. The Labute approximate surface area is 255 Å². The Morgan fingerprint density at radius 2 is 1.91 bits per heavy atom. The molecule has 0 N–H and O–H groups in total. The van der Waals surface area contributed by atoms with Gasteiger partial charge >= 0.3 is 6.01 Å². The lowest BCUT2D eigenvalue weighted by Crippen LogP contribution is -2.51. The quantitative estimate of drug-likeness (QED) is 0.368. The normalized spacial score (nSPS) is 23.5. The Morgan fingerprint density at radius 1 is 1.07 bits per heavy atom. The van der Waals surface area contributed by atoms with Crippen LogP contribution in [0.2, 0.25) is 0 Å². The molecule has 7 rings (SSSR count). The fourth-order valence-corrected chi connectivity index (χ4v) is 7.79. The minimum Gasteiger partial charge on any atom is -0.455 e. The highest BCUT2D eigenvalue weighted by Crippen LogP contribution is 2.48. The number of likely N-dealkylation sites (N-methyl/N-ethyl adjacent to an activating group) is 1. The van der Waals surface area contributed by atoms with E-state index in [4.69, 9.17) is 14.7 Å². The summed E-state index contributed by atoms with van der Waals surface area (Å²) in [5, 5.41) is 12.2. The van der Waals surface area contributed by atoms with Gasteiger partial charge in [0.2, 0.25) is 0 Å². The molecule has 4 aliphatic rings.